The van der Waals surface area contributed by atoms with Crippen LogP contribution in [-0.2, 0) is 0 Å². The van der Waals surface area contributed by atoms with Crippen LogP contribution in [0, 0.1) is 12.3 Å². The number of aliphatic hydroxyl groups is 1. The molecule has 2 N–H and O–H groups in total. The number of carbonyl (C=O) groups is 1. The molecule has 2 aromatic rings. The first-order valence-electron chi connectivity index (χ1n) is 7.63. The quantitative estimate of drug-likeness (QED) is 0.852. The number of carbonyl (C=O) groups excluding carboxylic acids is 1. The first-order chi connectivity index (χ1) is 10.8. The molecule has 1 amide bonds. The van der Waals surface area contributed by atoms with Crippen molar-refractivity contribution in [1.29, 1.82) is 0 Å². The fraction of sp³-hybridized carbons (Fsp3) is 0.471. The molecule has 124 valence electrons. The summed E-state index contributed by atoms with van der Waals surface area (Å²) >= 11 is 1.35. The molecule has 0 aromatic carbocycles. The molecule has 2 aromatic heterocycles. The number of pyridine rings is 1. The van der Waals surface area contributed by atoms with Gasteiger partial charge < -0.3 is 10.4 Å². The third-order valence-corrected chi connectivity index (χ3v) is 4.64. The Morgan fingerprint density at radius 1 is 1.43 bits per heavy atom. The van der Waals surface area contributed by atoms with Gasteiger partial charge in [-0.05, 0) is 37.8 Å². The zero-order valence-electron chi connectivity index (χ0n) is 14.0. The zero-order valence-corrected chi connectivity index (χ0v) is 14.8. The predicted octanol–water partition coefficient (Wildman–Crippen LogP) is 3.04. The van der Waals surface area contributed by atoms with Gasteiger partial charge in [-0.2, -0.15) is 0 Å². The van der Waals surface area contributed by atoms with Gasteiger partial charge in [-0.25, -0.2) is 4.98 Å². The zero-order chi connectivity index (χ0) is 17.0. The van der Waals surface area contributed by atoms with E-state index in [-0.39, 0.29) is 17.4 Å². The molecule has 0 bridgehead atoms. The molecule has 2 rings (SSSR count). The topological polar surface area (TPSA) is 75.1 Å². The van der Waals surface area contributed by atoms with Crippen LogP contribution in [0.5, 0.6) is 0 Å². The molecule has 5 nitrogen and oxygen atoms in total. The summed E-state index contributed by atoms with van der Waals surface area (Å²) in [6.07, 6.45) is 1.96. The van der Waals surface area contributed by atoms with Gasteiger partial charge in [-0.1, -0.05) is 19.9 Å². The molecular formula is C17H23N3O2S. The van der Waals surface area contributed by atoms with E-state index in [0.717, 1.165) is 10.7 Å². The van der Waals surface area contributed by atoms with Crippen molar-refractivity contribution in [2.24, 2.45) is 5.41 Å². The van der Waals surface area contributed by atoms with E-state index in [1.54, 1.807) is 13.1 Å². The molecule has 1 atom stereocenters. The van der Waals surface area contributed by atoms with Gasteiger partial charge in [-0.15, -0.1) is 11.3 Å². The minimum Gasteiger partial charge on any atom is -0.393 e. The Morgan fingerprint density at radius 3 is 2.78 bits per heavy atom. The van der Waals surface area contributed by atoms with Gasteiger partial charge in [0.1, 0.15) is 9.88 Å². The van der Waals surface area contributed by atoms with Crippen molar-refractivity contribution < 1.29 is 9.90 Å². The van der Waals surface area contributed by atoms with Crippen molar-refractivity contribution in [2.75, 3.05) is 6.54 Å². The largest absolute Gasteiger partial charge is 0.393 e. The Morgan fingerprint density at radius 2 is 2.17 bits per heavy atom. The second kappa shape index (κ2) is 7.19. The van der Waals surface area contributed by atoms with Crippen LogP contribution < -0.4 is 5.32 Å². The lowest BCUT2D eigenvalue weighted by molar-refractivity contribution is 0.0905. The number of aryl methyl sites for hydroxylation is 1. The van der Waals surface area contributed by atoms with Gasteiger partial charge in [-0.3, -0.25) is 9.78 Å². The van der Waals surface area contributed by atoms with Crippen molar-refractivity contribution in [3.63, 3.8) is 0 Å². The lowest BCUT2D eigenvalue weighted by atomic mass is 9.87. The summed E-state index contributed by atoms with van der Waals surface area (Å²) in [6.45, 7) is 8.15. The van der Waals surface area contributed by atoms with E-state index in [4.69, 9.17) is 0 Å². The maximum absolute atomic E-state index is 12.4. The summed E-state index contributed by atoms with van der Waals surface area (Å²) in [6, 6.07) is 5.63. The molecule has 23 heavy (non-hydrogen) atoms. The molecule has 0 radical (unpaired) electrons. The van der Waals surface area contributed by atoms with E-state index in [2.05, 4.69) is 15.3 Å². The van der Waals surface area contributed by atoms with E-state index in [9.17, 15) is 9.90 Å². The highest BCUT2D eigenvalue weighted by Crippen LogP contribution is 2.27. The number of amides is 1. The molecule has 2 heterocycles. The van der Waals surface area contributed by atoms with Crippen LogP contribution >= 0.6 is 11.3 Å². The fourth-order valence-electron chi connectivity index (χ4n) is 2.48. The van der Waals surface area contributed by atoms with Crippen LogP contribution in [0.25, 0.3) is 10.7 Å². The van der Waals surface area contributed by atoms with Crippen molar-refractivity contribution in [3.05, 3.63) is 35.0 Å². The first kappa shape index (κ1) is 17.6. The summed E-state index contributed by atoms with van der Waals surface area (Å²) in [4.78, 5) is 21.7. The number of nitrogens with zero attached hydrogens (tertiary/aromatic N) is 2. The van der Waals surface area contributed by atoms with Gasteiger partial charge in [0.05, 0.1) is 17.5 Å². The average Bonchev–Trinajstić information content (AvgIpc) is 2.87. The molecule has 0 fully saturated rings. The Balaban J connectivity index is 2.07. The SMILES string of the molecule is Cc1nc(-c2ccccn2)sc1C(=O)NCC(C)(C)CC(C)O. The number of aliphatic hydroxyl groups excluding tert-OH is 1. The number of rotatable bonds is 6. The van der Waals surface area contributed by atoms with Gasteiger partial charge in [0, 0.05) is 12.7 Å². The summed E-state index contributed by atoms with van der Waals surface area (Å²) in [7, 11) is 0. The van der Waals surface area contributed by atoms with Gasteiger partial charge in [0.15, 0.2) is 0 Å². The third kappa shape index (κ3) is 4.84. The molecule has 0 aliphatic heterocycles. The Hall–Kier alpha value is -1.79. The van der Waals surface area contributed by atoms with E-state index >= 15 is 0 Å². The van der Waals surface area contributed by atoms with Gasteiger partial charge >= 0.3 is 0 Å². The van der Waals surface area contributed by atoms with Gasteiger partial charge in [0.2, 0.25) is 0 Å². The highest BCUT2D eigenvalue weighted by Gasteiger charge is 2.23. The minimum absolute atomic E-state index is 0.124. The van der Waals surface area contributed by atoms with Crippen molar-refractivity contribution in [3.8, 4) is 10.7 Å². The first-order valence-corrected chi connectivity index (χ1v) is 8.45. The molecule has 1 unspecified atom stereocenters. The molecule has 0 saturated carbocycles. The molecule has 0 aliphatic rings. The minimum atomic E-state index is -0.386. The number of hydrogen-bond donors (Lipinski definition) is 2. The van der Waals surface area contributed by atoms with Crippen LogP contribution in [0.1, 0.15) is 42.6 Å². The maximum atomic E-state index is 12.4. The molecule has 0 aliphatic carbocycles. The van der Waals surface area contributed by atoms with Crippen LogP contribution in [-0.4, -0.2) is 33.6 Å². The van der Waals surface area contributed by atoms with Crippen LogP contribution in [0.2, 0.25) is 0 Å². The van der Waals surface area contributed by atoms with Crippen molar-refractivity contribution in [1.82, 2.24) is 15.3 Å². The highest BCUT2D eigenvalue weighted by atomic mass is 32.1. The third-order valence-electron chi connectivity index (χ3n) is 3.46. The highest BCUT2D eigenvalue weighted by molar-refractivity contribution is 7.17. The summed E-state index contributed by atoms with van der Waals surface area (Å²) in [5.41, 5.74) is 1.32. The van der Waals surface area contributed by atoms with Crippen LogP contribution in [0.15, 0.2) is 24.4 Å². The summed E-state index contributed by atoms with van der Waals surface area (Å²) in [5.74, 6) is -0.124. The normalized spacial score (nSPS) is 12.9. The number of thiazole rings is 1. The number of aromatic nitrogens is 2. The molecular weight excluding hydrogens is 310 g/mol. The van der Waals surface area contributed by atoms with Crippen LogP contribution in [0.3, 0.4) is 0 Å². The lowest BCUT2D eigenvalue weighted by Crippen LogP contribution is -2.35. The summed E-state index contributed by atoms with van der Waals surface area (Å²) in [5, 5.41) is 13.2. The second-order valence-electron chi connectivity index (χ2n) is 6.55. The van der Waals surface area contributed by atoms with Crippen molar-refractivity contribution in [2.45, 2.75) is 40.2 Å². The Kier molecular flexibility index (Phi) is 5.49. The fourth-order valence-corrected chi connectivity index (χ4v) is 3.44. The number of nitrogens with one attached hydrogen (secondary N) is 1. The van der Waals surface area contributed by atoms with Crippen LogP contribution in [0.4, 0.5) is 0 Å². The van der Waals surface area contributed by atoms with Crippen molar-refractivity contribution >= 4 is 17.2 Å². The van der Waals surface area contributed by atoms with E-state index < -0.39 is 0 Å². The molecule has 0 saturated heterocycles. The van der Waals surface area contributed by atoms with Gasteiger partial charge in [0.25, 0.3) is 5.91 Å². The smallest absolute Gasteiger partial charge is 0.263 e. The second-order valence-corrected chi connectivity index (χ2v) is 7.55. The molecule has 6 heteroatoms. The lowest BCUT2D eigenvalue weighted by Gasteiger charge is -2.26. The van der Waals surface area contributed by atoms with E-state index in [1.165, 1.54) is 11.3 Å². The predicted molar refractivity (Wildman–Crippen MR) is 92.5 cm³/mol. The Bertz CT molecular complexity index is 666. The summed E-state index contributed by atoms with van der Waals surface area (Å²) < 4.78 is 0. The average molecular weight is 333 g/mol. The molecule has 0 spiro atoms. The Labute approximate surface area is 140 Å². The standard InChI is InChI=1S/C17H23N3O2S/c1-11(21)9-17(3,4)10-19-15(22)14-12(2)20-16(23-14)13-7-5-6-8-18-13/h5-8,11,21H,9-10H2,1-4H3,(H,19,22). The maximum Gasteiger partial charge on any atom is 0.263 e. The number of hydrogen-bond acceptors (Lipinski definition) is 5. The monoisotopic (exact) mass is 333 g/mol. The van der Waals surface area contributed by atoms with E-state index in [1.807, 2.05) is 39.0 Å². The van der Waals surface area contributed by atoms with E-state index in [0.29, 0.717) is 23.5 Å².